The Labute approximate surface area is 105 Å². The number of amides is 1. The lowest BCUT2D eigenvalue weighted by Gasteiger charge is -2.04. The summed E-state index contributed by atoms with van der Waals surface area (Å²) in [6, 6.07) is 12.6. The lowest BCUT2D eigenvalue weighted by molar-refractivity contribution is -0.119. The maximum atomic E-state index is 10.8. The van der Waals surface area contributed by atoms with Gasteiger partial charge >= 0.3 is 0 Å². The van der Waals surface area contributed by atoms with Crippen molar-refractivity contribution in [3.05, 3.63) is 57.8 Å². The average Bonchev–Trinajstić information content (AvgIpc) is 2.81. The van der Waals surface area contributed by atoms with E-state index >= 15 is 0 Å². The standard InChI is InChI=1S/C14H15NOS/c1-11(16)15-10-13-6-4-12(5-7-13)9-14-3-2-8-17-14/h2-8H,9-10H2,1H3,(H,15,16). The van der Waals surface area contributed by atoms with Crippen molar-refractivity contribution in [2.24, 2.45) is 0 Å². The van der Waals surface area contributed by atoms with E-state index in [-0.39, 0.29) is 5.91 Å². The van der Waals surface area contributed by atoms with E-state index < -0.39 is 0 Å². The first-order chi connectivity index (χ1) is 8.24. The molecule has 1 amide bonds. The van der Waals surface area contributed by atoms with Crippen molar-refractivity contribution in [2.45, 2.75) is 19.9 Å². The molecule has 2 nitrogen and oxygen atoms in total. The highest BCUT2D eigenvalue weighted by molar-refractivity contribution is 7.09. The first kappa shape index (κ1) is 11.9. The lowest BCUT2D eigenvalue weighted by Crippen LogP contribution is -2.18. The van der Waals surface area contributed by atoms with Gasteiger partial charge in [-0.15, -0.1) is 11.3 Å². The van der Waals surface area contributed by atoms with Gasteiger partial charge in [-0.25, -0.2) is 0 Å². The zero-order chi connectivity index (χ0) is 12.1. The Morgan fingerprint density at radius 2 is 1.88 bits per heavy atom. The molecular weight excluding hydrogens is 230 g/mol. The van der Waals surface area contributed by atoms with E-state index in [1.165, 1.54) is 17.4 Å². The summed E-state index contributed by atoms with van der Waals surface area (Å²) < 4.78 is 0. The van der Waals surface area contributed by atoms with Gasteiger partial charge in [0.05, 0.1) is 0 Å². The summed E-state index contributed by atoms with van der Waals surface area (Å²) in [5, 5.41) is 4.89. The van der Waals surface area contributed by atoms with E-state index in [1.54, 1.807) is 11.3 Å². The van der Waals surface area contributed by atoms with E-state index in [4.69, 9.17) is 0 Å². The molecule has 0 atom stereocenters. The van der Waals surface area contributed by atoms with Gasteiger partial charge in [-0.05, 0) is 22.6 Å². The molecule has 1 aromatic heterocycles. The molecule has 2 aromatic rings. The minimum absolute atomic E-state index is 0.00709. The molecule has 2 rings (SSSR count). The number of rotatable bonds is 4. The molecule has 1 aromatic carbocycles. The van der Waals surface area contributed by atoms with Crippen LogP contribution < -0.4 is 5.32 Å². The van der Waals surface area contributed by atoms with Gasteiger partial charge in [0.2, 0.25) is 5.91 Å². The van der Waals surface area contributed by atoms with Gasteiger partial charge in [0.25, 0.3) is 0 Å². The van der Waals surface area contributed by atoms with Crippen molar-refractivity contribution >= 4 is 17.2 Å². The smallest absolute Gasteiger partial charge is 0.217 e. The third-order valence-corrected chi connectivity index (χ3v) is 3.40. The largest absolute Gasteiger partial charge is 0.352 e. The van der Waals surface area contributed by atoms with Crippen LogP contribution in [-0.4, -0.2) is 5.91 Å². The van der Waals surface area contributed by atoms with Gasteiger partial charge in [-0.2, -0.15) is 0 Å². The van der Waals surface area contributed by atoms with E-state index in [1.807, 2.05) is 0 Å². The number of hydrogen-bond donors (Lipinski definition) is 1. The van der Waals surface area contributed by atoms with Crippen molar-refractivity contribution in [3.8, 4) is 0 Å². The predicted molar refractivity (Wildman–Crippen MR) is 71.1 cm³/mol. The molecule has 1 N–H and O–H groups in total. The van der Waals surface area contributed by atoms with E-state index in [2.05, 4.69) is 47.1 Å². The monoisotopic (exact) mass is 245 g/mol. The molecule has 0 unspecified atom stereocenters. The fourth-order valence-electron chi connectivity index (χ4n) is 1.62. The number of nitrogens with one attached hydrogen (secondary N) is 1. The summed E-state index contributed by atoms with van der Waals surface area (Å²) in [5.41, 5.74) is 2.44. The van der Waals surface area contributed by atoms with Crippen LogP contribution in [0.25, 0.3) is 0 Å². The fraction of sp³-hybridized carbons (Fsp3) is 0.214. The molecule has 88 valence electrons. The molecule has 0 saturated heterocycles. The van der Waals surface area contributed by atoms with Crippen LogP contribution in [-0.2, 0) is 17.8 Å². The van der Waals surface area contributed by atoms with E-state index in [9.17, 15) is 4.79 Å². The zero-order valence-corrected chi connectivity index (χ0v) is 10.6. The van der Waals surface area contributed by atoms with Gasteiger partial charge in [0.1, 0.15) is 0 Å². The lowest BCUT2D eigenvalue weighted by atomic mass is 10.1. The van der Waals surface area contributed by atoms with Crippen molar-refractivity contribution in [3.63, 3.8) is 0 Å². The highest BCUT2D eigenvalue weighted by Crippen LogP contribution is 2.15. The second-order valence-corrected chi connectivity index (χ2v) is 5.01. The Bertz CT molecular complexity index is 473. The quantitative estimate of drug-likeness (QED) is 0.881. The Kier molecular flexibility index (Phi) is 3.94. The summed E-state index contributed by atoms with van der Waals surface area (Å²) in [6.45, 7) is 2.14. The highest BCUT2D eigenvalue weighted by Gasteiger charge is 1.98. The Balaban J connectivity index is 1.95. The second kappa shape index (κ2) is 5.64. The Hall–Kier alpha value is -1.61. The molecule has 17 heavy (non-hydrogen) atoms. The van der Waals surface area contributed by atoms with Crippen LogP contribution in [0, 0.1) is 0 Å². The number of carbonyl (C=O) groups is 1. The second-order valence-electron chi connectivity index (χ2n) is 3.98. The van der Waals surface area contributed by atoms with Crippen molar-refractivity contribution < 1.29 is 4.79 Å². The molecule has 0 aliphatic carbocycles. The van der Waals surface area contributed by atoms with Gasteiger partial charge in [-0.1, -0.05) is 30.3 Å². The van der Waals surface area contributed by atoms with Crippen molar-refractivity contribution in [2.75, 3.05) is 0 Å². The summed E-state index contributed by atoms with van der Waals surface area (Å²) in [4.78, 5) is 12.2. The summed E-state index contributed by atoms with van der Waals surface area (Å²) in [6.07, 6.45) is 0.984. The SMILES string of the molecule is CC(=O)NCc1ccc(Cc2cccs2)cc1. The summed E-state index contributed by atoms with van der Waals surface area (Å²) in [7, 11) is 0. The van der Waals surface area contributed by atoms with Gasteiger partial charge < -0.3 is 5.32 Å². The van der Waals surface area contributed by atoms with E-state index in [0.717, 1.165) is 12.0 Å². The third kappa shape index (κ3) is 3.71. The fourth-order valence-corrected chi connectivity index (χ4v) is 2.35. The number of benzene rings is 1. The number of thiophene rings is 1. The normalized spacial score (nSPS) is 10.2. The number of hydrogen-bond acceptors (Lipinski definition) is 2. The summed E-state index contributed by atoms with van der Waals surface area (Å²) in [5.74, 6) is 0.00709. The summed E-state index contributed by atoms with van der Waals surface area (Å²) >= 11 is 1.78. The maximum absolute atomic E-state index is 10.8. The molecular formula is C14H15NOS. The van der Waals surface area contributed by atoms with Crippen LogP contribution in [0.3, 0.4) is 0 Å². The predicted octanol–water partition coefficient (Wildman–Crippen LogP) is 2.98. The molecule has 1 heterocycles. The highest BCUT2D eigenvalue weighted by atomic mass is 32.1. The molecule has 0 aliphatic heterocycles. The van der Waals surface area contributed by atoms with Crippen LogP contribution in [0.15, 0.2) is 41.8 Å². The first-order valence-corrected chi connectivity index (χ1v) is 6.46. The molecule has 0 bridgehead atoms. The van der Waals surface area contributed by atoms with Gasteiger partial charge in [-0.3, -0.25) is 4.79 Å². The van der Waals surface area contributed by atoms with Crippen LogP contribution >= 0.6 is 11.3 Å². The number of carbonyl (C=O) groups excluding carboxylic acids is 1. The minimum Gasteiger partial charge on any atom is -0.352 e. The van der Waals surface area contributed by atoms with Crippen molar-refractivity contribution in [1.29, 1.82) is 0 Å². The van der Waals surface area contributed by atoms with Crippen molar-refractivity contribution in [1.82, 2.24) is 5.32 Å². The molecule has 3 heteroatoms. The molecule has 0 radical (unpaired) electrons. The van der Waals surface area contributed by atoms with Crippen LogP contribution in [0.2, 0.25) is 0 Å². The van der Waals surface area contributed by atoms with E-state index in [0.29, 0.717) is 6.54 Å². The Morgan fingerprint density at radius 3 is 2.47 bits per heavy atom. The third-order valence-electron chi connectivity index (χ3n) is 2.52. The minimum atomic E-state index is 0.00709. The molecule has 0 spiro atoms. The molecule has 0 fully saturated rings. The van der Waals surface area contributed by atoms with Crippen LogP contribution in [0.4, 0.5) is 0 Å². The molecule has 0 aliphatic rings. The van der Waals surface area contributed by atoms with Gasteiger partial charge in [0.15, 0.2) is 0 Å². The Morgan fingerprint density at radius 1 is 1.18 bits per heavy atom. The first-order valence-electron chi connectivity index (χ1n) is 5.58. The van der Waals surface area contributed by atoms with Gasteiger partial charge in [0, 0.05) is 24.8 Å². The van der Waals surface area contributed by atoms with Crippen LogP contribution in [0.1, 0.15) is 22.9 Å². The van der Waals surface area contributed by atoms with Crippen LogP contribution in [0.5, 0.6) is 0 Å². The maximum Gasteiger partial charge on any atom is 0.217 e. The molecule has 0 saturated carbocycles. The topological polar surface area (TPSA) is 29.1 Å². The zero-order valence-electron chi connectivity index (χ0n) is 9.77. The average molecular weight is 245 g/mol.